The third kappa shape index (κ3) is 2.64. The lowest BCUT2D eigenvalue weighted by molar-refractivity contribution is -0.119. The second-order valence-electron chi connectivity index (χ2n) is 7.06. The summed E-state index contributed by atoms with van der Waals surface area (Å²) in [4.78, 5) is 40.7. The van der Waals surface area contributed by atoms with Gasteiger partial charge in [-0.3, -0.25) is 4.79 Å². The van der Waals surface area contributed by atoms with Gasteiger partial charge < -0.3 is 19.9 Å². The fraction of sp³-hybridized carbons (Fsp3) is 0.300. The summed E-state index contributed by atoms with van der Waals surface area (Å²) in [5, 5.41) is 9.29. The third-order valence-electron chi connectivity index (χ3n) is 5.45. The standard InChI is InChI=1S/C20H19N5O4/c1-11-5-6-13(24-10-12(9-21)16(22)17(24)19(27)29-2)8-15(11)25-18(26)14-4-3-7-23(14)20(25)28/h5-6,8,10,14H,3-4,7,22H2,1-2H3. The summed E-state index contributed by atoms with van der Waals surface area (Å²) in [6.45, 7) is 2.37. The van der Waals surface area contributed by atoms with E-state index in [1.165, 1.54) is 22.8 Å². The highest BCUT2D eigenvalue weighted by Gasteiger charge is 2.48. The highest BCUT2D eigenvalue weighted by Crippen LogP contribution is 2.35. The van der Waals surface area contributed by atoms with E-state index in [1.54, 1.807) is 30.0 Å². The van der Waals surface area contributed by atoms with Crippen molar-refractivity contribution in [1.82, 2.24) is 9.47 Å². The largest absolute Gasteiger partial charge is 0.464 e. The van der Waals surface area contributed by atoms with Crippen molar-refractivity contribution in [3.8, 4) is 11.8 Å². The van der Waals surface area contributed by atoms with Gasteiger partial charge in [-0.15, -0.1) is 0 Å². The van der Waals surface area contributed by atoms with Gasteiger partial charge in [0.1, 0.15) is 12.1 Å². The van der Waals surface area contributed by atoms with Crippen molar-refractivity contribution in [2.75, 3.05) is 24.3 Å². The average molecular weight is 393 g/mol. The zero-order chi connectivity index (χ0) is 20.9. The summed E-state index contributed by atoms with van der Waals surface area (Å²) in [6, 6.07) is 6.30. The molecule has 4 rings (SSSR count). The van der Waals surface area contributed by atoms with Gasteiger partial charge in [0, 0.05) is 18.4 Å². The molecule has 9 heteroatoms. The molecule has 9 nitrogen and oxygen atoms in total. The van der Waals surface area contributed by atoms with Crippen molar-refractivity contribution in [2.24, 2.45) is 0 Å². The second kappa shape index (κ2) is 6.67. The van der Waals surface area contributed by atoms with Crippen LogP contribution < -0.4 is 10.6 Å². The number of anilines is 2. The number of nitrogens with two attached hydrogens (primary N) is 1. The van der Waals surface area contributed by atoms with Gasteiger partial charge in [0.15, 0.2) is 5.69 Å². The lowest BCUT2D eigenvalue weighted by atomic mass is 10.1. The SMILES string of the molecule is COC(=O)c1c(N)c(C#N)cn1-c1ccc(C)c(N2C(=O)C3CCCN3C2=O)c1. The van der Waals surface area contributed by atoms with E-state index < -0.39 is 12.0 Å². The molecular formula is C20H19N5O4. The number of hydrogen-bond donors (Lipinski definition) is 1. The molecule has 2 fully saturated rings. The molecule has 0 radical (unpaired) electrons. The minimum Gasteiger partial charge on any atom is -0.464 e. The van der Waals surface area contributed by atoms with Crippen LogP contribution in [0.1, 0.15) is 34.5 Å². The van der Waals surface area contributed by atoms with Crippen LogP contribution in [0.3, 0.4) is 0 Å². The molecule has 2 aliphatic heterocycles. The van der Waals surface area contributed by atoms with E-state index in [4.69, 9.17) is 10.5 Å². The summed E-state index contributed by atoms with van der Waals surface area (Å²) in [5.74, 6) is -0.939. The molecule has 0 saturated carbocycles. The van der Waals surface area contributed by atoms with E-state index in [0.29, 0.717) is 24.3 Å². The number of hydrogen-bond acceptors (Lipinski definition) is 6. The minimum absolute atomic E-state index is 0.00967. The Hall–Kier alpha value is -3.80. The molecule has 0 bridgehead atoms. The van der Waals surface area contributed by atoms with Crippen molar-refractivity contribution >= 4 is 29.3 Å². The fourth-order valence-corrected chi connectivity index (χ4v) is 3.95. The number of esters is 1. The van der Waals surface area contributed by atoms with Crippen LogP contribution in [-0.2, 0) is 9.53 Å². The quantitative estimate of drug-likeness (QED) is 0.628. The molecule has 2 aromatic rings. The van der Waals surface area contributed by atoms with E-state index in [0.717, 1.165) is 12.0 Å². The Morgan fingerprint density at radius 2 is 2.10 bits per heavy atom. The molecule has 1 aromatic carbocycles. The Kier molecular flexibility index (Phi) is 4.27. The number of benzene rings is 1. The number of aryl methyl sites for hydroxylation is 1. The van der Waals surface area contributed by atoms with Crippen LogP contribution in [0.4, 0.5) is 16.2 Å². The van der Waals surface area contributed by atoms with Crippen LogP contribution in [0, 0.1) is 18.3 Å². The van der Waals surface area contributed by atoms with Crippen molar-refractivity contribution in [1.29, 1.82) is 5.26 Å². The number of urea groups is 1. The number of nitrogen functional groups attached to an aromatic ring is 1. The van der Waals surface area contributed by atoms with Crippen LogP contribution >= 0.6 is 0 Å². The van der Waals surface area contributed by atoms with Gasteiger partial charge in [-0.05, 0) is 37.5 Å². The molecule has 0 spiro atoms. The zero-order valence-corrected chi connectivity index (χ0v) is 16.0. The van der Waals surface area contributed by atoms with Crippen molar-refractivity contribution < 1.29 is 19.1 Å². The van der Waals surface area contributed by atoms with E-state index in [-0.39, 0.29) is 28.9 Å². The number of carbonyl (C=O) groups excluding carboxylic acids is 3. The normalized spacial score (nSPS) is 18.2. The van der Waals surface area contributed by atoms with Gasteiger partial charge >= 0.3 is 12.0 Å². The molecule has 29 heavy (non-hydrogen) atoms. The summed E-state index contributed by atoms with van der Waals surface area (Å²) in [6.07, 6.45) is 2.91. The first kappa shape index (κ1) is 18.6. The Balaban J connectivity index is 1.84. The highest BCUT2D eigenvalue weighted by molar-refractivity contribution is 6.22. The summed E-state index contributed by atoms with van der Waals surface area (Å²) < 4.78 is 6.24. The maximum absolute atomic E-state index is 12.8. The molecule has 1 atom stereocenters. The maximum Gasteiger partial charge on any atom is 0.357 e. The molecule has 0 aliphatic carbocycles. The van der Waals surface area contributed by atoms with Crippen molar-refractivity contribution in [3.05, 3.63) is 41.2 Å². The van der Waals surface area contributed by atoms with E-state index in [1.807, 2.05) is 6.07 Å². The summed E-state index contributed by atoms with van der Waals surface area (Å²) in [5.41, 5.74) is 7.75. The second-order valence-corrected chi connectivity index (χ2v) is 7.06. The minimum atomic E-state index is -0.694. The van der Waals surface area contributed by atoms with Crippen molar-refractivity contribution in [3.63, 3.8) is 0 Å². The lowest BCUT2D eigenvalue weighted by Gasteiger charge is -2.19. The third-order valence-corrected chi connectivity index (χ3v) is 5.45. The number of carbonyl (C=O) groups is 3. The van der Waals surface area contributed by atoms with Crippen LogP contribution in [-0.4, -0.2) is 47.1 Å². The molecule has 148 valence electrons. The number of amides is 3. The number of aromatic nitrogens is 1. The first-order valence-electron chi connectivity index (χ1n) is 9.13. The smallest absolute Gasteiger partial charge is 0.357 e. The topological polar surface area (TPSA) is 122 Å². The predicted octanol–water partition coefficient (Wildman–Crippen LogP) is 1.96. The zero-order valence-electron chi connectivity index (χ0n) is 16.0. The monoisotopic (exact) mass is 393 g/mol. The number of fused-ring (bicyclic) bond motifs is 1. The molecule has 2 saturated heterocycles. The highest BCUT2D eigenvalue weighted by atomic mass is 16.5. The van der Waals surface area contributed by atoms with Gasteiger partial charge in [0.05, 0.1) is 24.0 Å². The number of nitrogens with zero attached hydrogens (tertiary/aromatic N) is 4. The van der Waals surface area contributed by atoms with E-state index in [9.17, 15) is 19.6 Å². The number of ether oxygens (including phenoxy) is 1. The van der Waals surface area contributed by atoms with Crippen LogP contribution in [0.2, 0.25) is 0 Å². The van der Waals surface area contributed by atoms with Gasteiger partial charge in [-0.25, -0.2) is 14.5 Å². The summed E-state index contributed by atoms with van der Waals surface area (Å²) >= 11 is 0. The number of imide groups is 1. The van der Waals surface area contributed by atoms with Crippen LogP contribution in [0.5, 0.6) is 0 Å². The van der Waals surface area contributed by atoms with Gasteiger partial charge in [-0.1, -0.05) is 6.07 Å². The van der Waals surface area contributed by atoms with Gasteiger partial charge in [0.2, 0.25) is 0 Å². The number of rotatable bonds is 3. The predicted molar refractivity (Wildman–Crippen MR) is 104 cm³/mol. The molecule has 2 N–H and O–H groups in total. The summed E-state index contributed by atoms with van der Waals surface area (Å²) in [7, 11) is 1.22. The first-order chi connectivity index (χ1) is 13.9. The molecular weight excluding hydrogens is 374 g/mol. The molecule has 2 aliphatic rings. The van der Waals surface area contributed by atoms with E-state index >= 15 is 0 Å². The fourth-order valence-electron chi connectivity index (χ4n) is 3.95. The molecule has 3 amide bonds. The Labute approximate surface area is 166 Å². The van der Waals surface area contributed by atoms with Crippen LogP contribution in [0.15, 0.2) is 24.4 Å². The number of nitriles is 1. The Bertz CT molecular complexity index is 1080. The average Bonchev–Trinajstić information content (AvgIpc) is 3.38. The Morgan fingerprint density at radius 3 is 2.76 bits per heavy atom. The molecule has 1 unspecified atom stereocenters. The first-order valence-corrected chi connectivity index (χ1v) is 9.13. The van der Waals surface area contributed by atoms with E-state index in [2.05, 4.69) is 0 Å². The Morgan fingerprint density at radius 1 is 1.34 bits per heavy atom. The van der Waals surface area contributed by atoms with Gasteiger partial charge in [0.25, 0.3) is 5.91 Å². The van der Waals surface area contributed by atoms with Crippen LogP contribution in [0.25, 0.3) is 5.69 Å². The number of methoxy groups -OCH3 is 1. The maximum atomic E-state index is 12.8. The van der Waals surface area contributed by atoms with Gasteiger partial charge in [-0.2, -0.15) is 5.26 Å². The molecule has 3 heterocycles. The molecule has 1 aromatic heterocycles. The lowest BCUT2D eigenvalue weighted by Crippen LogP contribution is -2.33. The van der Waals surface area contributed by atoms with Crippen molar-refractivity contribution in [2.45, 2.75) is 25.8 Å².